The summed E-state index contributed by atoms with van der Waals surface area (Å²) >= 11 is 0. The van der Waals surface area contributed by atoms with E-state index in [0.29, 0.717) is 12.0 Å². The second-order valence-corrected chi connectivity index (χ2v) is 4.30. The Bertz CT molecular complexity index is 430. The molecule has 0 saturated heterocycles. The molecule has 3 N–H and O–H groups in total. The highest BCUT2D eigenvalue weighted by Crippen LogP contribution is 2.17. The molecule has 0 radical (unpaired) electrons. The van der Waals surface area contributed by atoms with E-state index in [-0.39, 0.29) is 6.42 Å². The molecule has 0 amide bonds. The first-order valence-electron chi connectivity index (χ1n) is 5.28. The summed E-state index contributed by atoms with van der Waals surface area (Å²) in [6, 6.07) is 5.40. The maximum Gasteiger partial charge on any atom is 0.324 e. The van der Waals surface area contributed by atoms with Crippen LogP contribution >= 0.6 is 0 Å². The zero-order valence-electron chi connectivity index (χ0n) is 9.88. The number of pyridine rings is 1. The highest BCUT2D eigenvalue weighted by molar-refractivity contribution is 5.82. The van der Waals surface area contributed by atoms with Gasteiger partial charge in [-0.1, -0.05) is 6.07 Å². The highest BCUT2D eigenvalue weighted by Gasteiger charge is 2.37. The molecule has 2 atom stereocenters. The fraction of sp³-hybridized carbons (Fsp3) is 0.417. The summed E-state index contributed by atoms with van der Waals surface area (Å²) in [4.78, 5) is 26.2. The number of carbonyl (C=O) groups excluding carboxylic acids is 1. The largest absolute Gasteiger partial charge is 0.480 e. The second kappa shape index (κ2) is 5.05. The van der Waals surface area contributed by atoms with Crippen molar-refractivity contribution in [2.45, 2.75) is 25.8 Å². The molecule has 0 aliphatic rings. The van der Waals surface area contributed by atoms with Gasteiger partial charge in [0.15, 0.2) is 0 Å². The fourth-order valence-corrected chi connectivity index (χ4v) is 1.50. The minimum Gasteiger partial charge on any atom is -0.480 e. The molecule has 17 heavy (non-hydrogen) atoms. The summed E-state index contributed by atoms with van der Waals surface area (Å²) < 4.78 is 0. The van der Waals surface area contributed by atoms with Crippen LogP contribution in [-0.4, -0.2) is 27.9 Å². The molecule has 1 heterocycles. The molecule has 92 valence electrons. The Hall–Kier alpha value is -1.75. The molecule has 0 saturated carbocycles. The number of nitrogens with two attached hydrogens (primary N) is 1. The van der Waals surface area contributed by atoms with E-state index in [9.17, 15) is 9.59 Å². The average molecular weight is 236 g/mol. The highest BCUT2D eigenvalue weighted by atomic mass is 16.4. The van der Waals surface area contributed by atoms with E-state index in [0.717, 1.165) is 5.69 Å². The van der Waals surface area contributed by atoms with Crippen LogP contribution in [0.5, 0.6) is 0 Å². The van der Waals surface area contributed by atoms with Gasteiger partial charge in [0.2, 0.25) is 0 Å². The van der Waals surface area contributed by atoms with Crippen LogP contribution in [0.3, 0.4) is 0 Å². The van der Waals surface area contributed by atoms with Crippen LogP contribution in [0.2, 0.25) is 0 Å². The third kappa shape index (κ3) is 3.10. The van der Waals surface area contributed by atoms with Crippen LogP contribution in [-0.2, 0) is 16.0 Å². The number of nitrogens with zero attached hydrogens (tertiary/aromatic N) is 1. The zero-order valence-corrected chi connectivity index (χ0v) is 9.88. The van der Waals surface area contributed by atoms with Crippen molar-refractivity contribution >= 4 is 12.3 Å². The number of hydrogen-bond donors (Lipinski definition) is 2. The number of aldehydes is 1. The number of rotatable bonds is 5. The maximum atomic E-state index is 11.0. The Labute approximate surface area is 99.7 Å². The predicted octanol–water partition coefficient (Wildman–Crippen LogP) is 0.550. The van der Waals surface area contributed by atoms with Gasteiger partial charge in [-0.25, -0.2) is 0 Å². The Kier molecular flexibility index (Phi) is 3.96. The van der Waals surface area contributed by atoms with Crippen LogP contribution in [0.25, 0.3) is 0 Å². The molecular formula is C12H16N2O3. The van der Waals surface area contributed by atoms with Gasteiger partial charge in [0.25, 0.3) is 0 Å². The van der Waals surface area contributed by atoms with Crippen LogP contribution in [0, 0.1) is 12.8 Å². The first kappa shape index (κ1) is 13.3. The molecule has 0 aromatic carbocycles. The van der Waals surface area contributed by atoms with Gasteiger partial charge >= 0.3 is 5.97 Å². The van der Waals surface area contributed by atoms with E-state index in [1.165, 1.54) is 6.92 Å². The number of carbonyl (C=O) groups is 2. The quantitative estimate of drug-likeness (QED) is 0.728. The first-order chi connectivity index (χ1) is 7.87. The summed E-state index contributed by atoms with van der Waals surface area (Å²) in [5.41, 5.74) is 5.55. The Morgan fingerprint density at radius 3 is 2.76 bits per heavy atom. The number of aliphatic carboxylic acids is 1. The lowest BCUT2D eigenvalue weighted by molar-refractivity contribution is -0.146. The lowest BCUT2D eigenvalue weighted by Gasteiger charge is -2.25. The zero-order chi connectivity index (χ0) is 13.1. The maximum absolute atomic E-state index is 11.0. The molecule has 1 aromatic rings. The summed E-state index contributed by atoms with van der Waals surface area (Å²) in [5, 5.41) is 8.97. The summed E-state index contributed by atoms with van der Waals surface area (Å²) in [6.45, 7) is 3.17. The van der Waals surface area contributed by atoms with Gasteiger partial charge in [0.1, 0.15) is 11.8 Å². The van der Waals surface area contributed by atoms with Crippen molar-refractivity contribution in [3.8, 4) is 0 Å². The second-order valence-electron chi connectivity index (χ2n) is 4.30. The van der Waals surface area contributed by atoms with Crippen molar-refractivity contribution in [1.82, 2.24) is 4.98 Å². The monoisotopic (exact) mass is 236 g/mol. The first-order valence-corrected chi connectivity index (χ1v) is 5.28. The molecule has 0 fully saturated rings. The normalized spacial score (nSPS) is 15.9. The van der Waals surface area contributed by atoms with Gasteiger partial charge in [-0.2, -0.15) is 0 Å². The van der Waals surface area contributed by atoms with Crippen LogP contribution in [0.1, 0.15) is 18.3 Å². The fourth-order valence-electron chi connectivity index (χ4n) is 1.50. The standard InChI is InChI=1S/C12H16N2O3/c1-8-4-3-5-10(14-8)6-9(7-15)12(2,13)11(16)17/h3-5,7,9H,6,13H2,1-2H3,(H,16,17). The molecule has 0 spiro atoms. The van der Waals surface area contributed by atoms with Gasteiger partial charge in [-0.3, -0.25) is 9.78 Å². The minimum absolute atomic E-state index is 0.227. The molecule has 0 aliphatic carbocycles. The molecule has 0 bridgehead atoms. The van der Waals surface area contributed by atoms with Crippen molar-refractivity contribution in [1.29, 1.82) is 0 Å². The Morgan fingerprint density at radius 2 is 2.29 bits per heavy atom. The molecule has 5 heteroatoms. The van der Waals surface area contributed by atoms with Crippen molar-refractivity contribution in [3.63, 3.8) is 0 Å². The molecular weight excluding hydrogens is 220 g/mol. The smallest absolute Gasteiger partial charge is 0.324 e. The molecule has 5 nitrogen and oxygen atoms in total. The van der Waals surface area contributed by atoms with Gasteiger partial charge in [-0.05, 0) is 26.0 Å². The third-order valence-electron chi connectivity index (χ3n) is 2.77. The lowest BCUT2D eigenvalue weighted by Crippen LogP contribution is -2.52. The number of carboxylic acid groups (broad SMARTS) is 1. The van der Waals surface area contributed by atoms with Crippen molar-refractivity contribution in [3.05, 3.63) is 29.6 Å². The topological polar surface area (TPSA) is 93.3 Å². The van der Waals surface area contributed by atoms with Gasteiger partial charge in [-0.15, -0.1) is 0 Å². The minimum atomic E-state index is -1.58. The van der Waals surface area contributed by atoms with Crippen LogP contribution in [0.4, 0.5) is 0 Å². The lowest BCUT2D eigenvalue weighted by atomic mass is 9.84. The number of carboxylic acids is 1. The van der Waals surface area contributed by atoms with Crippen LogP contribution in [0.15, 0.2) is 18.2 Å². The van der Waals surface area contributed by atoms with Gasteiger partial charge in [0, 0.05) is 23.7 Å². The van der Waals surface area contributed by atoms with Gasteiger partial charge in [0.05, 0.1) is 0 Å². The predicted molar refractivity (Wildman–Crippen MR) is 62.5 cm³/mol. The number of aryl methyl sites for hydroxylation is 1. The van der Waals surface area contributed by atoms with Crippen molar-refractivity contribution in [2.75, 3.05) is 0 Å². The third-order valence-corrected chi connectivity index (χ3v) is 2.77. The molecule has 1 rings (SSSR count). The summed E-state index contributed by atoms with van der Waals surface area (Å²) in [5.74, 6) is -1.99. The van der Waals surface area contributed by atoms with E-state index in [1.54, 1.807) is 6.07 Å². The SMILES string of the molecule is Cc1cccc(CC(C=O)C(C)(N)C(=O)O)n1. The Balaban J connectivity index is 2.91. The molecule has 2 unspecified atom stereocenters. The number of hydrogen-bond acceptors (Lipinski definition) is 4. The van der Waals surface area contributed by atoms with E-state index in [1.807, 2.05) is 19.1 Å². The van der Waals surface area contributed by atoms with Crippen LogP contribution < -0.4 is 5.73 Å². The van der Waals surface area contributed by atoms with E-state index in [2.05, 4.69) is 4.98 Å². The molecule has 0 aliphatic heterocycles. The van der Waals surface area contributed by atoms with Crippen molar-refractivity contribution < 1.29 is 14.7 Å². The van der Waals surface area contributed by atoms with E-state index in [4.69, 9.17) is 10.8 Å². The summed E-state index contributed by atoms with van der Waals surface area (Å²) in [7, 11) is 0. The summed E-state index contributed by atoms with van der Waals surface area (Å²) in [6.07, 6.45) is 0.808. The van der Waals surface area contributed by atoms with Crippen molar-refractivity contribution in [2.24, 2.45) is 11.7 Å². The van der Waals surface area contributed by atoms with Gasteiger partial charge < -0.3 is 15.6 Å². The number of aromatic nitrogens is 1. The molecule has 1 aromatic heterocycles. The van der Waals surface area contributed by atoms with E-state index < -0.39 is 17.4 Å². The Morgan fingerprint density at radius 1 is 1.65 bits per heavy atom. The average Bonchev–Trinajstić information content (AvgIpc) is 2.25. The van der Waals surface area contributed by atoms with E-state index >= 15 is 0 Å².